The van der Waals surface area contributed by atoms with Gasteiger partial charge >= 0.3 is 11.9 Å². The van der Waals surface area contributed by atoms with E-state index in [1.54, 1.807) is 13.0 Å². The van der Waals surface area contributed by atoms with E-state index in [1.807, 2.05) is 0 Å². The number of hydrogen-bond acceptors (Lipinski definition) is 6. The van der Waals surface area contributed by atoms with Gasteiger partial charge in [-0.15, -0.1) is 0 Å². The number of carbonyl (C=O) groups excluding carboxylic acids is 2. The van der Waals surface area contributed by atoms with Crippen LogP contribution < -0.4 is 10.5 Å². The van der Waals surface area contributed by atoms with E-state index in [4.69, 9.17) is 15.2 Å². The third-order valence-electron chi connectivity index (χ3n) is 2.06. The van der Waals surface area contributed by atoms with Gasteiger partial charge in [-0.05, 0) is 25.1 Å². The second-order valence-electron chi connectivity index (χ2n) is 3.34. The number of hydrogen-bond donors (Lipinski definition) is 1. The highest BCUT2D eigenvalue weighted by Crippen LogP contribution is 2.22. The summed E-state index contributed by atoms with van der Waals surface area (Å²) in [5.41, 5.74) is 6.14. The van der Waals surface area contributed by atoms with E-state index < -0.39 is 11.9 Å². The molecule has 0 bridgehead atoms. The highest BCUT2D eigenvalue weighted by Gasteiger charge is 2.14. The molecular formula is C12H15NO5. The molecule has 0 atom stereocenters. The first-order chi connectivity index (χ1) is 8.58. The van der Waals surface area contributed by atoms with Gasteiger partial charge in [0, 0.05) is 5.69 Å². The second kappa shape index (κ2) is 6.48. The van der Waals surface area contributed by atoms with E-state index in [2.05, 4.69) is 4.74 Å². The number of ether oxygens (including phenoxy) is 3. The van der Waals surface area contributed by atoms with Crippen LogP contribution in [-0.4, -0.2) is 32.3 Å². The molecule has 0 spiro atoms. The van der Waals surface area contributed by atoms with Crippen molar-refractivity contribution in [1.82, 2.24) is 0 Å². The van der Waals surface area contributed by atoms with Crippen LogP contribution in [0.3, 0.4) is 0 Å². The van der Waals surface area contributed by atoms with Crippen LogP contribution in [0.5, 0.6) is 5.75 Å². The van der Waals surface area contributed by atoms with E-state index in [0.717, 1.165) is 0 Å². The largest absolute Gasteiger partial charge is 0.481 e. The summed E-state index contributed by atoms with van der Waals surface area (Å²) in [5, 5.41) is 0. The molecule has 98 valence electrons. The van der Waals surface area contributed by atoms with Crippen molar-refractivity contribution in [3.63, 3.8) is 0 Å². The summed E-state index contributed by atoms with van der Waals surface area (Å²) in [6.45, 7) is 1.69. The normalized spacial score (nSPS) is 9.67. The fourth-order valence-electron chi connectivity index (χ4n) is 1.28. The molecule has 1 aromatic carbocycles. The van der Waals surface area contributed by atoms with E-state index >= 15 is 0 Å². The third kappa shape index (κ3) is 3.65. The second-order valence-corrected chi connectivity index (χ2v) is 3.34. The van der Waals surface area contributed by atoms with Crippen LogP contribution in [0.25, 0.3) is 0 Å². The molecule has 18 heavy (non-hydrogen) atoms. The van der Waals surface area contributed by atoms with Gasteiger partial charge < -0.3 is 19.9 Å². The zero-order chi connectivity index (χ0) is 13.5. The lowest BCUT2D eigenvalue weighted by Gasteiger charge is -2.10. The maximum Gasteiger partial charge on any atom is 0.344 e. The molecular weight excluding hydrogens is 238 g/mol. The van der Waals surface area contributed by atoms with Gasteiger partial charge in [-0.2, -0.15) is 0 Å². The Labute approximate surface area is 105 Å². The van der Waals surface area contributed by atoms with Gasteiger partial charge in [0.2, 0.25) is 0 Å². The minimum absolute atomic E-state index is 0.168. The van der Waals surface area contributed by atoms with Crippen molar-refractivity contribution in [3.05, 3.63) is 23.8 Å². The molecule has 0 saturated carbocycles. The first kappa shape index (κ1) is 13.8. The number of anilines is 1. The lowest BCUT2D eigenvalue weighted by atomic mass is 10.2. The van der Waals surface area contributed by atoms with Gasteiger partial charge in [-0.1, -0.05) is 0 Å². The standard InChI is InChI=1S/C12H15NO5/c1-3-17-11(14)7-18-10-5-4-8(13)6-9(10)12(15)16-2/h4-6H,3,7,13H2,1-2H3. The Morgan fingerprint density at radius 3 is 2.67 bits per heavy atom. The Kier molecular flexibility index (Phi) is 4.98. The summed E-state index contributed by atoms with van der Waals surface area (Å²) in [6, 6.07) is 4.49. The molecule has 0 aliphatic heterocycles. The lowest BCUT2D eigenvalue weighted by molar-refractivity contribution is -0.145. The molecule has 6 heteroatoms. The Balaban J connectivity index is 2.81. The average molecular weight is 253 g/mol. The van der Waals surface area contributed by atoms with Crippen LogP contribution >= 0.6 is 0 Å². The molecule has 0 aliphatic carbocycles. The lowest BCUT2D eigenvalue weighted by Crippen LogP contribution is -2.16. The molecule has 0 heterocycles. The van der Waals surface area contributed by atoms with Crippen molar-refractivity contribution >= 4 is 17.6 Å². The van der Waals surface area contributed by atoms with E-state index in [-0.39, 0.29) is 24.5 Å². The van der Waals surface area contributed by atoms with Crippen molar-refractivity contribution in [1.29, 1.82) is 0 Å². The van der Waals surface area contributed by atoms with Crippen molar-refractivity contribution in [3.8, 4) is 5.75 Å². The molecule has 0 aromatic heterocycles. The van der Waals surface area contributed by atoms with Gasteiger partial charge in [0.05, 0.1) is 13.7 Å². The zero-order valence-electron chi connectivity index (χ0n) is 10.3. The molecule has 0 saturated heterocycles. The first-order valence-electron chi connectivity index (χ1n) is 5.34. The summed E-state index contributed by atoms with van der Waals surface area (Å²) >= 11 is 0. The summed E-state index contributed by atoms with van der Waals surface area (Å²) in [5.74, 6) is -0.865. The highest BCUT2D eigenvalue weighted by molar-refractivity contribution is 5.93. The van der Waals surface area contributed by atoms with Crippen LogP contribution in [0.1, 0.15) is 17.3 Å². The number of nitrogens with two attached hydrogens (primary N) is 1. The molecule has 0 amide bonds. The maximum absolute atomic E-state index is 11.5. The molecule has 0 aliphatic rings. The van der Waals surface area contributed by atoms with Crippen LogP contribution in [-0.2, 0) is 14.3 Å². The topological polar surface area (TPSA) is 87.9 Å². The molecule has 0 radical (unpaired) electrons. The smallest absolute Gasteiger partial charge is 0.344 e. The zero-order valence-corrected chi connectivity index (χ0v) is 10.3. The number of esters is 2. The fraction of sp³-hybridized carbons (Fsp3) is 0.333. The Morgan fingerprint density at radius 1 is 1.33 bits per heavy atom. The molecule has 0 unspecified atom stereocenters. The monoisotopic (exact) mass is 253 g/mol. The van der Waals surface area contributed by atoms with Gasteiger partial charge in [-0.3, -0.25) is 0 Å². The highest BCUT2D eigenvalue weighted by atomic mass is 16.6. The predicted molar refractivity (Wildman–Crippen MR) is 64.3 cm³/mol. The van der Waals surface area contributed by atoms with Crippen molar-refractivity contribution in [2.45, 2.75) is 6.92 Å². The Morgan fingerprint density at radius 2 is 2.06 bits per heavy atom. The first-order valence-corrected chi connectivity index (χ1v) is 5.34. The number of rotatable bonds is 5. The van der Waals surface area contributed by atoms with E-state index in [1.165, 1.54) is 19.2 Å². The van der Waals surface area contributed by atoms with E-state index in [9.17, 15) is 9.59 Å². The van der Waals surface area contributed by atoms with Crippen LogP contribution in [0.15, 0.2) is 18.2 Å². The number of benzene rings is 1. The van der Waals surface area contributed by atoms with Crippen LogP contribution in [0, 0.1) is 0 Å². The quantitative estimate of drug-likeness (QED) is 0.622. The summed E-state index contributed by atoms with van der Waals surface area (Å²) < 4.78 is 14.5. The van der Waals surface area contributed by atoms with Crippen molar-refractivity contribution < 1.29 is 23.8 Å². The van der Waals surface area contributed by atoms with Gasteiger partial charge in [0.15, 0.2) is 6.61 Å². The molecule has 6 nitrogen and oxygen atoms in total. The Bertz CT molecular complexity index is 444. The number of carbonyl (C=O) groups is 2. The summed E-state index contributed by atoms with van der Waals surface area (Å²) in [4.78, 5) is 22.6. The van der Waals surface area contributed by atoms with E-state index in [0.29, 0.717) is 5.69 Å². The number of nitrogen functional groups attached to an aromatic ring is 1. The summed E-state index contributed by atoms with van der Waals surface area (Å²) in [7, 11) is 1.25. The molecule has 2 N–H and O–H groups in total. The maximum atomic E-state index is 11.5. The van der Waals surface area contributed by atoms with Crippen molar-refractivity contribution in [2.24, 2.45) is 0 Å². The molecule has 0 fully saturated rings. The minimum Gasteiger partial charge on any atom is -0.481 e. The molecule has 1 rings (SSSR count). The predicted octanol–water partition coefficient (Wildman–Crippen LogP) is 0.997. The molecule has 1 aromatic rings. The van der Waals surface area contributed by atoms with Gasteiger partial charge in [-0.25, -0.2) is 9.59 Å². The summed E-state index contributed by atoms with van der Waals surface area (Å²) in [6.07, 6.45) is 0. The van der Waals surface area contributed by atoms with Crippen LogP contribution in [0.4, 0.5) is 5.69 Å². The van der Waals surface area contributed by atoms with Gasteiger partial charge in [0.25, 0.3) is 0 Å². The minimum atomic E-state index is -0.582. The SMILES string of the molecule is CCOC(=O)COc1ccc(N)cc1C(=O)OC. The third-order valence-corrected chi connectivity index (χ3v) is 2.06. The average Bonchev–Trinajstić information content (AvgIpc) is 2.36. The number of methoxy groups -OCH3 is 1. The van der Waals surface area contributed by atoms with Gasteiger partial charge in [0.1, 0.15) is 11.3 Å². The fourth-order valence-corrected chi connectivity index (χ4v) is 1.28. The van der Waals surface area contributed by atoms with Crippen molar-refractivity contribution in [2.75, 3.05) is 26.1 Å². The Hall–Kier alpha value is -2.24. The van der Waals surface area contributed by atoms with Crippen LogP contribution in [0.2, 0.25) is 0 Å².